The van der Waals surface area contributed by atoms with Gasteiger partial charge >= 0.3 is 0 Å². The smallest absolute Gasteiger partial charge is 0.0608 e. The molecule has 2 heterocycles. The van der Waals surface area contributed by atoms with Gasteiger partial charge in [-0.25, -0.2) is 0 Å². The summed E-state index contributed by atoms with van der Waals surface area (Å²) in [6, 6.07) is 11.6. The summed E-state index contributed by atoms with van der Waals surface area (Å²) in [6.07, 6.45) is 5.97. The van der Waals surface area contributed by atoms with Crippen molar-refractivity contribution in [3.05, 3.63) is 30.3 Å². The predicted octanol–water partition coefficient (Wildman–Crippen LogP) is 2.45. The first-order chi connectivity index (χ1) is 11.8. The first-order valence-corrected chi connectivity index (χ1v) is 9.66. The van der Waals surface area contributed by atoms with Gasteiger partial charge in [0.1, 0.15) is 0 Å². The average molecular weight is 329 g/mol. The highest BCUT2D eigenvalue weighted by atomic mass is 16.5. The van der Waals surface area contributed by atoms with Gasteiger partial charge in [0.05, 0.1) is 12.2 Å². The zero-order valence-corrected chi connectivity index (χ0v) is 14.9. The Bertz CT molecular complexity index is 501. The topological polar surface area (TPSA) is 19.0 Å². The van der Waals surface area contributed by atoms with E-state index in [1.807, 2.05) is 0 Å². The van der Waals surface area contributed by atoms with E-state index >= 15 is 0 Å². The number of likely N-dealkylation sites (tertiary alicyclic amines) is 1. The van der Waals surface area contributed by atoms with Gasteiger partial charge in [-0.05, 0) is 44.9 Å². The molecule has 1 aromatic rings. The third kappa shape index (κ3) is 3.76. The van der Waals surface area contributed by atoms with Crippen LogP contribution in [0.1, 0.15) is 25.7 Å². The van der Waals surface area contributed by atoms with Crippen LogP contribution in [0.3, 0.4) is 0 Å². The number of anilines is 1. The predicted molar refractivity (Wildman–Crippen MR) is 98.6 cm³/mol. The van der Waals surface area contributed by atoms with E-state index in [1.165, 1.54) is 57.5 Å². The fourth-order valence-corrected chi connectivity index (χ4v) is 4.32. The lowest BCUT2D eigenvalue weighted by molar-refractivity contribution is -0.102. The molecule has 0 aromatic heterocycles. The van der Waals surface area contributed by atoms with E-state index in [0.29, 0.717) is 12.2 Å². The highest BCUT2D eigenvalue weighted by molar-refractivity contribution is 5.46. The maximum atomic E-state index is 6.32. The summed E-state index contributed by atoms with van der Waals surface area (Å²) in [4.78, 5) is 7.62. The number of para-hydroxylation sites is 1. The normalized spacial score (nSPS) is 30.3. The molecular weight excluding hydrogens is 298 g/mol. The molecular formula is C20H31N3O. The van der Waals surface area contributed by atoms with Crippen LogP contribution in [0.25, 0.3) is 0 Å². The van der Waals surface area contributed by atoms with E-state index in [-0.39, 0.29) is 0 Å². The molecule has 0 radical (unpaired) electrons. The van der Waals surface area contributed by atoms with Gasteiger partial charge in [-0.3, -0.25) is 4.90 Å². The van der Waals surface area contributed by atoms with Crippen LogP contribution < -0.4 is 4.90 Å². The van der Waals surface area contributed by atoms with Gasteiger partial charge in [0.2, 0.25) is 0 Å². The molecule has 2 aliphatic heterocycles. The summed E-state index contributed by atoms with van der Waals surface area (Å²) in [6.45, 7) is 7.09. The average Bonchev–Trinajstić information content (AvgIpc) is 2.60. The second kappa shape index (κ2) is 7.42. The lowest BCUT2D eigenvalue weighted by atomic mass is 9.87. The lowest BCUT2D eigenvalue weighted by Crippen LogP contribution is -2.56. The minimum Gasteiger partial charge on any atom is -0.375 e. The molecule has 1 saturated carbocycles. The maximum Gasteiger partial charge on any atom is 0.0608 e. The summed E-state index contributed by atoms with van der Waals surface area (Å²) >= 11 is 0. The van der Waals surface area contributed by atoms with Crippen LogP contribution in [0.5, 0.6) is 0 Å². The van der Waals surface area contributed by atoms with E-state index in [1.54, 1.807) is 0 Å². The highest BCUT2D eigenvalue weighted by Gasteiger charge is 2.37. The van der Waals surface area contributed by atoms with Gasteiger partial charge in [-0.15, -0.1) is 0 Å². The molecule has 1 aromatic carbocycles. The summed E-state index contributed by atoms with van der Waals surface area (Å²) in [5.41, 5.74) is 1.37. The van der Waals surface area contributed by atoms with Crippen LogP contribution in [-0.2, 0) is 4.74 Å². The Balaban J connectivity index is 1.17. The number of nitrogens with zero attached hydrogens (tertiary/aromatic N) is 3. The Hall–Kier alpha value is -1.10. The molecule has 132 valence electrons. The van der Waals surface area contributed by atoms with Gasteiger partial charge in [0.25, 0.3) is 0 Å². The summed E-state index contributed by atoms with van der Waals surface area (Å²) in [5, 5.41) is 0. The van der Waals surface area contributed by atoms with Gasteiger partial charge in [0.15, 0.2) is 0 Å². The van der Waals surface area contributed by atoms with Crippen LogP contribution >= 0.6 is 0 Å². The second-order valence-corrected chi connectivity index (χ2v) is 7.74. The third-order valence-electron chi connectivity index (χ3n) is 6.07. The highest BCUT2D eigenvalue weighted by Crippen LogP contribution is 2.32. The number of hydrogen-bond donors (Lipinski definition) is 0. The van der Waals surface area contributed by atoms with Crippen molar-refractivity contribution in [3.63, 3.8) is 0 Å². The summed E-state index contributed by atoms with van der Waals surface area (Å²) < 4.78 is 6.32. The molecule has 0 atom stereocenters. The van der Waals surface area contributed by atoms with E-state index in [4.69, 9.17) is 4.74 Å². The molecule has 3 aliphatic rings. The number of piperidine rings is 1. The van der Waals surface area contributed by atoms with Crippen LogP contribution in [0.15, 0.2) is 30.3 Å². The fourth-order valence-electron chi connectivity index (χ4n) is 4.32. The van der Waals surface area contributed by atoms with Crippen molar-refractivity contribution in [1.29, 1.82) is 0 Å². The molecule has 1 aliphatic carbocycles. The minimum atomic E-state index is 0.516. The van der Waals surface area contributed by atoms with E-state index in [2.05, 4.69) is 52.1 Å². The van der Waals surface area contributed by atoms with Crippen molar-refractivity contribution in [2.45, 2.75) is 43.9 Å². The number of hydrogen-bond acceptors (Lipinski definition) is 4. The standard InChI is InChI=1S/C20H31N3O/c1-21-9-7-19(8-10-21)24-20-15-18(16-20)23-13-11-22(12-14-23)17-5-3-2-4-6-17/h2-6,18-20H,7-16H2,1H3. The Morgan fingerprint density at radius 1 is 0.833 bits per heavy atom. The number of piperazine rings is 1. The zero-order chi connectivity index (χ0) is 16.4. The molecule has 2 saturated heterocycles. The molecule has 24 heavy (non-hydrogen) atoms. The van der Waals surface area contributed by atoms with Crippen molar-refractivity contribution >= 4 is 5.69 Å². The van der Waals surface area contributed by atoms with Crippen LogP contribution in [-0.4, -0.2) is 74.4 Å². The van der Waals surface area contributed by atoms with Crippen LogP contribution in [0.4, 0.5) is 5.69 Å². The molecule has 4 heteroatoms. The number of rotatable bonds is 4. The Morgan fingerprint density at radius 3 is 2.17 bits per heavy atom. The van der Waals surface area contributed by atoms with Gasteiger partial charge in [0, 0.05) is 51.0 Å². The quantitative estimate of drug-likeness (QED) is 0.844. The van der Waals surface area contributed by atoms with E-state index < -0.39 is 0 Å². The summed E-state index contributed by atoms with van der Waals surface area (Å²) in [5.74, 6) is 0. The Morgan fingerprint density at radius 2 is 1.50 bits per heavy atom. The molecule has 4 nitrogen and oxygen atoms in total. The van der Waals surface area contributed by atoms with Crippen molar-refractivity contribution in [2.75, 3.05) is 51.2 Å². The Labute approximate surface area is 146 Å². The van der Waals surface area contributed by atoms with E-state index in [0.717, 1.165) is 19.1 Å². The molecule has 0 amide bonds. The van der Waals surface area contributed by atoms with Crippen LogP contribution in [0.2, 0.25) is 0 Å². The molecule has 0 N–H and O–H groups in total. The zero-order valence-electron chi connectivity index (χ0n) is 14.9. The number of benzene rings is 1. The van der Waals surface area contributed by atoms with Crippen molar-refractivity contribution < 1.29 is 4.74 Å². The largest absolute Gasteiger partial charge is 0.375 e. The lowest BCUT2D eigenvalue weighted by Gasteiger charge is -2.47. The Kier molecular flexibility index (Phi) is 5.06. The molecule has 4 rings (SSSR count). The fraction of sp³-hybridized carbons (Fsp3) is 0.700. The van der Waals surface area contributed by atoms with Gasteiger partial charge < -0.3 is 14.5 Å². The first-order valence-electron chi connectivity index (χ1n) is 9.66. The number of ether oxygens (including phenoxy) is 1. The summed E-state index contributed by atoms with van der Waals surface area (Å²) in [7, 11) is 2.21. The minimum absolute atomic E-state index is 0.516. The molecule has 3 fully saturated rings. The van der Waals surface area contributed by atoms with Gasteiger partial charge in [-0.2, -0.15) is 0 Å². The first kappa shape index (κ1) is 16.4. The SMILES string of the molecule is CN1CCC(OC2CC(N3CCN(c4ccccc4)CC3)C2)CC1. The molecule has 0 unspecified atom stereocenters. The van der Waals surface area contributed by atoms with Crippen LogP contribution in [0, 0.1) is 0 Å². The monoisotopic (exact) mass is 329 g/mol. The van der Waals surface area contributed by atoms with E-state index in [9.17, 15) is 0 Å². The molecule has 0 bridgehead atoms. The van der Waals surface area contributed by atoms with Gasteiger partial charge in [-0.1, -0.05) is 18.2 Å². The molecule has 0 spiro atoms. The second-order valence-electron chi connectivity index (χ2n) is 7.74. The maximum absolute atomic E-state index is 6.32. The van der Waals surface area contributed by atoms with Crippen molar-refractivity contribution in [3.8, 4) is 0 Å². The third-order valence-corrected chi connectivity index (χ3v) is 6.07. The van der Waals surface area contributed by atoms with Crippen molar-refractivity contribution in [2.24, 2.45) is 0 Å². The van der Waals surface area contributed by atoms with Crippen molar-refractivity contribution in [1.82, 2.24) is 9.80 Å².